The zero-order valence-corrected chi connectivity index (χ0v) is 18.0. The van der Waals surface area contributed by atoms with Crippen molar-refractivity contribution in [3.05, 3.63) is 44.6 Å². The molecule has 10 nitrogen and oxygen atoms in total. The fourth-order valence-corrected chi connectivity index (χ4v) is 3.60. The molecule has 1 aliphatic rings. The lowest BCUT2D eigenvalue weighted by Crippen LogP contribution is -2.40. The van der Waals surface area contributed by atoms with Crippen LogP contribution in [0.15, 0.2) is 27.8 Å². The average molecular weight is 430 g/mol. The van der Waals surface area contributed by atoms with Gasteiger partial charge in [-0.15, -0.1) is 0 Å². The van der Waals surface area contributed by atoms with Crippen molar-refractivity contribution in [1.82, 2.24) is 9.13 Å². The standard InChI is InChI=1S/C21H26N4O6/c1-5-6-9-25-18-17(20(28)24(2)21(25)29)13(19(27)23-18)11-16(26)22-12-7-8-14(30-3)15(10-12)31-4/h7-8,10,13H,5-6,9,11H2,1-4H3,(H,22,26)(H,23,27)/t13-/m1/s1. The van der Waals surface area contributed by atoms with E-state index in [2.05, 4.69) is 10.6 Å². The fourth-order valence-electron chi connectivity index (χ4n) is 3.60. The van der Waals surface area contributed by atoms with Crippen molar-refractivity contribution >= 4 is 23.3 Å². The van der Waals surface area contributed by atoms with E-state index < -0.39 is 29.0 Å². The topological polar surface area (TPSA) is 121 Å². The van der Waals surface area contributed by atoms with Gasteiger partial charge in [0.25, 0.3) is 5.56 Å². The second-order valence-corrected chi connectivity index (χ2v) is 7.28. The number of anilines is 2. The van der Waals surface area contributed by atoms with E-state index >= 15 is 0 Å². The molecule has 0 aliphatic carbocycles. The summed E-state index contributed by atoms with van der Waals surface area (Å²) in [5.41, 5.74) is -0.462. The maximum Gasteiger partial charge on any atom is 0.332 e. The summed E-state index contributed by atoms with van der Waals surface area (Å²) in [6.45, 7) is 2.35. The molecule has 0 fully saturated rings. The lowest BCUT2D eigenvalue weighted by Gasteiger charge is -2.14. The van der Waals surface area contributed by atoms with E-state index in [1.54, 1.807) is 18.2 Å². The largest absolute Gasteiger partial charge is 0.493 e. The van der Waals surface area contributed by atoms with Gasteiger partial charge >= 0.3 is 5.69 Å². The summed E-state index contributed by atoms with van der Waals surface area (Å²) >= 11 is 0. The predicted molar refractivity (Wildman–Crippen MR) is 115 cm³/mol. The monoisotopic (exact) mass is 430 g/mol. The molecule has 2 amide bonds. The molecule has 1 aliphatic heterocycles. The lowest BCUT2D eigenvalue weighted by molar-refractivity contribution is -0.122. The molecule has 1 aromatic heterocycles. The zero-order chi connectivity index (χ0) is 22.7. The van der Waals surface area contributed by atoms with Gasteiger partial charge in [0.2, 0.25) is 11.8 Å². The van der Waals surface area contributed by atoms with Gasteiger partial charge in [-0.25, -0.2) is 4.79 Å². The first-order chi connectivity index (χ1) is 14.8. The highest BCUT2D eigenvalue weighted by Gasteiger charge is 2.38. The second-order valence-electron chi connectivity index (χ2n) is 7.28. The Morgan fingerprint density at radius 2 is 1.87 bits per heavy atom. The number of carbonyl (C=O) groups is 2. The SMILES string of the molecule is CCCCn1c2c(c(=O)n(C)c1=O)[C@@H](CC(=O)Nc1ccc(OC)c(OC)c1)C(=O)N2. The number of nitrogens with one attached hydrogen (secondary N) is 2. The Bertz CT molecular complexity index is 1130. The lowest BCUT2D eigenvalue weighted by atomic mass is 9.99. The number of benzene rings is 1. The van der Waals surface area contributed by atoms with E-state index in [1.807, 2.05) is 6.92 Å². The number of carbonyl (C=O) groups excluding carboxylic acids is 2. The zero-order valence-electron chi connectivity index (χ0n) is 18.0. The molecule has 10 heteroatoms. The highest BCUT2D eigenvalue weighted by Crippen LogP contribution is 2.33. The van der Waals surface area contributed by atoms with Crippen LogP contribution in [-0.4, -0.2) is 35.2 Å². The third kappa shape index (κ3) is 4.18. The number of rotatable bonds is 8. The molecule has 2 heterocycles. The Morgan fingerprint density at radius 1 is 1.16 bits per heavy atom. The number of unbranched alkanes of at least 4 members (excludes halogenated alkanes) is 1. The maximum absolute atomic E-state index is 12.8. The minimum atomic E-state index is -0.984. The van der Waals surface area contributed by atoms with Crippen LogP contribution < -0.4 is 31.4 Å². The molecule has 0 bridgehead atoms. The number of aromatic nitrogens is 2. The Balaban J connectivity index is 1.88. The number of hydrogen-bond acceptors (Lipinski definition) is 6. The van der Waals surface area contributed by atoms with Crippen molar-refractivity contribution < 1.29 is 19.1 Å². The number of fused-ring (bicyclic) bond motifs is 1. The van der Waals surface area contributed by atoms with Gasteiger partial charge in [0, 0.05) is 31.8 Å². The molecule has 0 spiro atoms. The molecular formula is C21H26N4O6. The number of nitrogens with zero attached hydrogens (tertiary/aromatic N) is 2. The average Bonchev–Trinajstić information content (AvgIpc) is 3.07. The summed E-state index contributed by atoms with van der Waals surface area (Å²) in [6.07, 6.45) is 1.31. The van der Waals surface area contributed by atoms with Gasteiger partial charge < -0.3 is 20.1 Å². The molecule has 0 saturated heterocycles. The van der Waals surface area contributed by atoms with Crippen LogP contribution in [0.4, 0.5) is 11.5 Å². The summed E-state index contributed by atoms with van der Waals surface area (Å²) in [5, 5.41) is 5.34. The molecule has 166 valence electrons. The molecule has 0 saturated carbocycles. The molecule has 3 rings (SSSR count). The van der Waals surface area contributed by atoms with Gasteiger partial charge in [-0.1, -0.05) is 13.3 Å². The smallest absolute Gasteiger partial charge is 0.332 e. The van der Waals surface area contributed by atoms with Crippen LogP contribution >= 0.6 is 0 Å². The number of ether oxygens (including phenoxy) is 2. The van der Waals surface area contributed by atoms with Crippen LogP contribution in [0.25, 0.3) is 0 Å². The Hall–Kier alpha value is -3.56. The Kier molecular flexibility index (Phi) is 6.47. The molecule has 2 aromatic rings. The van der Waals surface area contributed by atoms with Gasteiger partial charge in [0.15, 0.2) is 11.5 Å². The summed E-state index contributed by atoms with van der Waals surface area (Å²) in [5.74, 6) is -0.770. The van der Waals surface area contributed by atoms with E-state index in [0.717, 1.165) is 11.0 Å². The van der Waals surface area contributed by atoms with Crippen molar-refractivity contribution in [3.63, 3.8) is 0 Å². The maximum atomic E-state index is 12.8. The first-order valence-corrected chi connectivity index (χ1v) is 9.98. The molecule has 2 N–H and O–H groups in total. The highest BCUT2D eigenvalue weighted by molar-refractivity contribution is 6.05. The van der Waals surface area contributed by atoms with Crippen molar-refractivity contribution in [1.29, 1.82) is 0 Å². The van der Waals surface area contributed by atoms with Crippen LogP contribution in [0.3, 0.4) is 0 Å². The van der Waals surface area contributed by atoms with Crippen molar-refractivity contribution in [2.75, 3.05) is 24.9 Å². The molecule has 1 aromatic carbocycles. The van der Waals surface area contributed by atoms with E-state index in [1.165, 1.54) is 25.8 Å². The molecule has 31 heavy (non-hydrogen) atoms. The predicted octanol–water partition coefficient (Wildman–Crippen LogP) is 1.43. The first kappa shape index (κ1) is 22.1. The van der Waals surface area contributed by atoms with E-state index in [9.17, 15) is 19.2 Å². The normalized spacial score (nSPS) is 14.7. The third-order valence-corrected chi connectivity index (χ3v) is 5.28. The summed E-state index contributed by atoms with van der Waals surface area (Å²) in [4.78, 5) is 50.5. The van der Waals surface area contributed by atoms with Gasteiger partial charge in [0.05, 0.1) is 25.7 Å². The van der Waals surface area contributed by atoms with Crippen LogP contribution in [0.5, 0.6) is 11.5 Å². The molecule has 1 atom stereocenters. The van der Waals surface area contributed by atoms with E-state index in [4.69, 9.17) is 9.47 Å². The number of amides is 2. The fraction of sp³-hybridized carbons (Fsp3) is 0.429. The van der Waals surface area contributed by atoms with Crippen molar-refractivity contribution in [3.8, 4) is 11.5 Å². The minimum Gasteiger partial charge on any atom is -0.493 e. The van der Waals surface area contributed by atoms with Crippen LogP contribution in [-0.2, 0) is 23.2 Å². The third-order valence-electron chi connectivity index (χ3n) is 5.28. The van der Waals surface area contributed by atoms with Gasteiger partial charge in [-0.3, -0.25) is 23.5 Å². The summed E-state index contributed by atoms with van der Waals surface area (Å²) in [7, 11) is 4.36. The molecule has 0 radical (unpaired) electrons. The van der Waals surface area contributed by atoms with Crippen molar-refractivity contribution in [2.24, 2.45) is 7.05 Å². The van der Waals surface area contributed by atoms with Gasteiger partial charge in [-0.05, 0) is 18.6 Å². The van der Waals surface area contributed by atoms with Crippen LogP contribution in [0.2, 0.25) is 0 Å². The molecule has 0 unspecified atom stereocenters. The van der Waals surface area contributed by atoms with Gasteiger partial charge in [-0.2, -0.15) is 0 Å². The minimum absolute atomic E-state index is 0.144. The summed E-state index contributed by atoms with van der Waals surface area (Å²) < 4.78 is 12.8. The summed E-state index contributed by atoms with van der Waals surface area (Å²) in [6, 6.07) is 4.89. The van der Waals surface area contributed by atoms with Crippen LogP contribution in [0.1, 0.15) is 37.7 Å². The number of methoxy groups -OCH3 is 2. The quantitative estimate of drug-likeness (QED) is 0.654. The Morgan fingerprint density at radius 3 is 2.52 bits per heavy atom. The first-order valence-electron chi connectivity index (χ1n) is 9.98. The number of hydrogen-bond donors (Lipinski definition) is 2. The Labute approximate surface area is 178 Å². The van der Waals surface area contributed by atoms with Crippen molar-refractivity contribution in [2.45, 2.75) is 38.6 Å². The van der Waals surface area contributed by atoms with Crippen LogP contribution in [0, 0.1) is 0 Å². The van der Waals surface area contributed by atoms with Gasteiger partial charge in [0.1, 0.15) is 5.82 Å². The van der Waals surface area contributed by atoms with E-state index in [-0.39, 0.29) is 17.8 Å². The molecular weight excluding hydrogens is 404 g/mol. The second kappa shape index (κ2) is 9.07. The highest BCUT2D eigenvalue weighted by atomic mass is 16.5. The van der Waals surface area contributed by atoms with E-state index in [0.29, 0.717) is 30.2 Å².